The molecule has 4 rings (SSSR count). The molecule has 0 radical (unpaired) electrons. The number of piperidine rings is 1. The van der Waals surface area contributed by atoms with Crippen LogP contribution in [0.3, 0.4) is 0 Å². The molecule has 3 aromatic rings. The summed E-state index contributed by atoms with van der Waals surface area (Å²) in [4.78, 5) is 4.50. The van der Waals surface area contributed by atoms with Gasteiger partial charge in [-0.25, -0.2) is 12.8 Å². The molecule has 134 valence electrons. The summed E-state index contributed by atoms with van der Waals surface area (Å²) in [5.74, 6) is 0.0187. The van der Waals surface area contributed by atoms with E-state index in [1.165, 1.54) is 23.9 Å². The third-order valence-corrected chi connectivity index (χ3v) is 6.66. The molecular weight excluding hydrogens is 351 g/mol. The number of pyridine rings is 1. The first kappa shape index (κ1) is 17.1. The summed E-state index contributed by atoms with van der Waals surface area (Å²) >= 11 is 0. The minimum Gasteiger partial charge on any atom is -0.317 e. The highest BCUT2D eigenvalue weighted by Gasteiger charge is 2.20. The predicted octanol–water partition coefficient (Wildman–Crippen LogP) is 3.67. The Labute approximate surface area is 152 Å². The minimum atomic E-state index is -3.72. The van der Waals surface area contributed by atoms with Crippen LogP contribution < -0.4 is 5.32 Å². The number of benzene rings is 2. The molecule has 1 saturated heterocycles. The van der Waals surface area contributed by atoms with E-state index >= 15 is 0 Å². The first-order chi connectivity index (χ1) is 12.5. The predicted molar refractivity (Wildman–Crippen MR) is 98.4 cm³/mol. The van der Waals surface area contributed by atoms with E-state index in [0.717, 1.165) is 49.0 Å². The van der Waals surface area contributed by atoms with E-state index in [1.807, 2.05) is 12.1 Å². The van der Waals surface area contributed by atoms with Gasteiger partial charge in [-0.15, -0.1) is 0 Å². The second-order valence-electron chi connectivity index (χ2n) is 6.60. The lowest BCUT2D eigenvalue weighted by Crippen LogP contribution is -2.26. The lowest BCUT2D eigenvalue weighted by molar-refractivity contribution is 0.460. The van der Waals surface area contributed by atoms with Gasteiger partial charge in [-0.2, -0.15) is 0 Å². The van der Waals surface area contributed by atoms with Gasteiger partial charge in [0.2, 0.25) is 9.84 Å². The molecule has 0 spiro atoms. The average Bonchev–Trinajstić information content (AvgIpc) is 2.68. The number of sulfone groups is 1. The van der Waals surface area contributed by atoms with Crippen molar-refractivity contribution in [2.24, 2.45) is 0 Å². The molecule has 1 aliphatic rings. The Bertz CT molecular complexity index is 1040. The fraction of sp³-hybridized carbons (Fsp3) is 0.250. The number of hydrogen-bond donors (Lipinski definition) is 1. The molecule has 0 amide bonds. The molecule has 1 aromatic heterocycles. The molecule has 1 aliphatic heterocycles. The van der Waals surface area contributed by atoms with Crippen LogP contribution in [-0.4, -0.2) is 26.5 Å². The third kappa shape index (κ3) is 3.22. The Kier molecular flexibility index (Phi) is 4.46. The third-order valence-electron chi connectivity index (χ3n) is 4.93. The first-order valence-electron chi connectivity index (χ1n) is 8.65. The van der Waals surface area contributed by atoms with Crippen LogP contribution >= 0.6 is 0 Å². The molecular formula is C20H19FN2O2S. The first-order valence-corrected chi connectivity index (χ1v) is 10.1. The normalized spacial score (nSPS) is 16.0. The number of halogens is 1. The van der Waals surface area contributed by atoms with Crippen LogP contribution in [0.25, 0.3) is 10.9 Å². The molecule has 2 aromatic carbocycles. The van der Waals surface area contributed by atoms with Gasteiger partial charge in [0.25, 0.3) is 0 Å². The molecule has 0 aliphatic carbocycles. The Hall–Kier alpha value is -2.31. The number of rotatable bonds is 3. The molecule has 0 saturated carbocycles. The van der Waals surface area contributed by atoms with Gasteiger partial charge >= 0.3 is 0 Å². The minimum absolute atomic E-state index is 0.0644. The van der Waals surface area contributed by atoms with E-state index in [4.69, 9.17) is 0 Å². The lowest BCUT2D eigenvalue weighted by atomic mass is 9.89. The quantitative estimate of drug-likeness (QED) is 0.715. The monoisotopic (exact) mass is 370 g/mol. The van der Waals surface area contributed by atoms with Crippen molar-refractivity contribution in [1.82, 2.24) is 10.3 Å². The Balaban J connectivity index is 1.75. The van der Waals surface area contributed by atoms with E-state index in [-0.39, 0.29) is 9.79 Å². The molecule has 26 heavy (non-hydrogen) atoms. The van der Waals surface area contributed by atoms with Crippen molar-refractivity contribution in [3.05, 3.63) is 66.1 Å². The lowest BCUT2D eigenvalue weighted by Gasteiger charge is -2.23. The van der Waals surface area contributed by atoms with E-state index in [2.05, 4.69) is 16.4 Å². The van der Waals surface area contributed by atoms with Gasteiger partial charge < -0.3 is 5.32 Å². The number of fused-ring (bicyclic) bond motifs is 1. The van der Waals surface area contributed by atoms with Crippen LogP contribution in [0, 0.1) is 5.82 Å². The van der Waals surface area contributed by atoms with Gasteiger partial charge in [0.05, 0.1) is 15.3 Å². The maximum Gasteiger partial charge on any atom is 0.208 e. The van der Waals surface area contributed by atoms with Gasteiger partial charge in [0.15, 0.2) is 0 Å². The molecule has 1 N–H and O–H groups in total. The van der Waals surface area contributed by atoms with Crippen molar-refractivity contribution >= 4 is 20.7 Å². The van der Waals surface area contributed by atoms with Crippen molar-refractivity contribution in [3.8, 4) is 0 Å². The van der Waals surface area contributed by atoms with Crippen LogP contribution in [0.2, 0.25) is 0 Å². The zero-order valence-corrected chi connectivity index (χ0v) is 15.0. The van der Waals surface area contributed by atoms with Gasteiger partial charge in [-0.1, -0.05) is 6.07 Å². The summed E-state index contributed by atoms with van der Waals surface area (Å²) in [5.41, 5.74) is 1.98. The topological polar surface area (TPSA) is 59.1 Å². The maximum atomic E-state index is 13.1. The maximum absolute atomic E-state index is 13.1. The highest BCUT2D eigenvalue weighted by molar-refractivity contribution is 7.91. The highest BCUT2D eigenvalue weighted by Crippen LogP contribution is 2.29. The number of nitrogens with one attached hydrogen (secondary N) is 1. The molecule has 4 nitrogen and oxygen atoms in total. The van der Waals surface area contributed by atoms with Crippen LogP contribution in [-0.2, 0) is 9.84 Å². The SMILES string of the molecule is O=S(=O)(c1ccc(F)cc1)c1cnc2ccc(C3CCNCC3)cc2c1. The average molecular weight is 370 g/mol. The van der Waals surface area contributed by atoms with E-state index in [9.17, 15) is 12.8 Å². The fourth-order valence-corrected chi connectivity index (χ4v) is 4.68. The van der Waals surface area contributed by atoms with Crippen molar-refractivity contribution in [1.29, 1.82) is 0 Å². The van der Waals surface area contributed by atoms with Crippen molar-refractivity contribution in [3.63, 3.8) is 0 Å². The standard InChI is InChI=1S/C20H19FN2O2S/c21-17-2-4-18(5-3-17)26(24,25)19-12-16-11-15(1-6-20(16)23-13-19)14-7-9-22-10-8-14/h1-6,11-14,22H,7-10H2. The fourth-order valence-electron chi connectivity index (χ4n) is 3.44. The Morgan fingerprint density at radius 1 is 0.962 bits per heavy atom. The highest BCUT2D eigenvalue weighted by atomic mass is 32.2. The second-order valence-corrected chi connectivity index (χ2v) is 8.55. The summed E-state index contributed by atoms with van der Waals surface area (Å²) in [5, 5.41) is 4.16. The number of nitrogens with zero attached hydrogens (tertiary/aromatic N) is 1. The van der Waals surface area contributed by atoms with E-state index in [1.54, 1.807) is 6.07 Å². The van der Waals surface area contributed by atoms with Crippen LogP contribution in [0.5, 0.6) is 0 Å². The number of aromatic nitrogens is 1. The molecule has 6 heteroatoms. The smallest absolute Gasteiger partial charge is 0.208 e. The zero-order valence-electron chi connectivity index (χ0n) is 14.2. The summed E-state index contributed by atoms with van der Waals surface area (Å²) in [7, 11) is -3.72. The van der Waals surface area contributed by atoms with Gasteiger partial charge in [-0.3, -0.25) is 4.98 Å². The van der Waals surface area contributed by atoms with Crippen LogP contribution in [0.15, 0.2) is 64.5 Å². The molecule has 0 bridgehead atoms. The Morgan fingerprint density at radius 3 is 2.42 bits per heavy atom. The largest absolute Gasteiger partial charge is 0.317 e. The molecule has 0 unspecified atom stereocenters. The van der Waals surface area contributed by atoms with E-state index < -0.39 is 15.7 Å². The molecule has 2 heterocycles. The van der Waals surface area contributed by atoms with Gasteiger partial charge in [-0.05, 0) is 79.9 Å². The number of hydrogen-bond acceptors (Lipinski definition) is 4. The summed E-state index contributed by atoms with van der Waals surface area (Å²) in [6.45, 7) is 2.00. The summed E-state index contributed by atoms with van der Waals surface area (Å²) in [6.07, 6.45) is 3.52. The summed E-state index contributed by atoms with van der Waals surface area (Å²) < 4.78 is 38.7. The zero-order chi connectivity index (χ0) is 18.1. The van der Waals surface area contributed by atoms with Crippen LogP contribution in [0.1, 0.15) is 24.3 Å². The van der Waals surface area contributed by atoms with Crippen molar-refractivity contribution in [2.45, 2.75) is 28.6 Å². The van der Waals surface area contributed by atoms with Crippen LogP contribution in [0.4, 0.5) is 4.39 Å². The second kappa shape index (κ2) is 6.78. The molecule has 0 atom stereocenters. The Morgan fingerprint density at radius 2 is 1.69 bits per heavy atom. The molecule has 1 fully saturated rings. The van der Waals surface area contributed by atoms with Gasteiger partial charge in [0, 0.05) is 11.6 Å². The van der Waals surface area contributed by atoms with Gasteiger partial charge in [0.1, 0.15) is 5.82 Å². The van der Waals surface area contributed by atoms with Crippen molar-refractivity contribution in [2.75, 3.05) is 13.1 Å². The summed E-state index contributed by atoms with van der Waals surface area (Å²) in [6, 6.07) is 12.6. The van der Waals surface area contributed by atoms with E-state index in [0.29, 0.717) is 5.92 Å². The van der Waals surface area contributed by atoms with Crippen molar-refractivity contribution < 1.29 is 12.8 Å².